The first kappa shape index (κ1) is 16.5. The van der Waals surface area contributed by atoms with Gasteiger partial charge in [0.25, 0.3) is 10.2 Å². The fraction of sp³-hybridized carbons (Fsp3) is 0.714. The highest BCUT2D eigenvalue weighted by Crippen LogP contribution is 2.21. The van der Waals surface area contributed by atoms with Crippen LogP contribution in [0.5, 0.6) is 0 Å². The molecule has 1 aromatic heterocycles. The molecule has 0 spiro atoms. The van der Waals surface area contributed by atoms with Crippen molar-refractivity contribution >= 4 is 10.2 Å². The molecular weight excluding hydrogens is 290 g/mol. The molecule has 1 fully saturated rings. The van der Waals surface area contributed by atoms with Crippen molar-refractivity contribution in [2.45, 2.75) is 26.3 Å². The number of hydrogen-bond donors (Lipinski definition) is 1. The standard InChI is InChI=1S/C14H25N3O3S/c1-3-15-11-13-6-8-17(9-7-13)21(18,19)16(2)12-14-5-4-10-20-14/h4-5,10,13,15H,3,6-9,11-12H2,1-2H3. The summed E-state index contributed by atoms with van der Waals surface area (Å²) in [5.41, 5.74) is 0. The van der Waals surface area contributed by atoms with Gasteiger partial charge in [0.1, 0.15) is 5.76 Å². The fourth-order valence-electron chi connectivity index (χ4n) is 2.59. The summed E-state index contributed by atoms with van der Waals surface area (Å²) in [5, 5.41) is 3.33. The molecular formula is C14H25N3O3S. The number of hydrogen-bond acceptors (Lipinski definition) is 4. The van der Waals surface area contributed by atoms with E-state index in [-0.39, 0.29) is 6.54 Å². The van der Waals surface area contributed by atoms with Gasteiger partial charge in [0.15, 0.2) is 0 Å². The number of furan rings is 1. The van der Waals surface area contributed by atoms with Gasteiger partial charge < -0.3 is 9.73 Å². The van der Waals surface area contributed by atoms with E-state index in [0.717, 1.165) is 25.9 Å². The van der Waals surface area contributed by atoms with Gasteiger partial charge in [0.2, 0.25) is 0 Å². The summed E-state index contributed by atoms with van der Waals surface area (Å²) in [6.07, 6.45) is 3.39. The van der Waals surface area contributed by atoms with Gasteiger partial charge in [-0.1, -0.05) is 6.92 Å². The normalized spacial score (nSPS) is 18.4. The molecule has 6 nitrogen and oxygen atoms in total. The Morgan fingerprint density at radius 3 is 2.71 bits per heavy atom. The van der Waals surface area contributed by atoms with E-state index in [1.54, 1.807) is 29.7 Å². The number of nitrogens with one attached hydrogen (secondary N) is 1. The second kappa shape index (κ2) is 7.40. The minimum absolute atomic E-state index is 0.270. The Hall–Kier alpha value is -0.890. The van der Waals surface area contributed by atoms with Crippen molar-refractivity contribution in [1.29, 1.82) is 0 Å². The number of piperidine rings is 1. The van der Waals surface area contributed by atoms with E-state index in [9.17, 15) is 8.42 Å². The van der Waals surface area contributed by atoms with Crippen LogP contribution in [-0.4, -0.2) is 50.3 Å². The summed E-state index contributed by atoms with van der Waals surface area (Å²) in [6, 6.07) is 3.55. The maximum absolute atomic E-state index is 12.5. The van der Waals surface area contributed by atoms with Crippen molar-refractivity contribution in [3.63, 3.8) is 0 Å². The topological polar surface area (TPSA) is 65.8 Å². The largest absolute Gasteiger partial charge is 0.468 e. The summed E-state index contributed by atoms with van der Waals surface area (Å²) >= 11 is 0. The first-order valence-corrected chi connectivity index (χ1v) is 8.88. The maximum Gasteiger partial charge on any atom is 0.282 e. The average molecular weight is 315 g/mol. The summed E-state index contributed by atoms with van der Waals surface area (Å²) in [5.74, 6) is 1.23. The fourth-order valence-corrected chi connectivity index (χ4v) is 3.95. The molecule has 0 aliphatic carbocycles. The second-order valence-corrected chi connectivity index (χ2v) is 7.53. The molecule has 21 heavy (non-hydrogen) atoms. The molecule has 1 aromatic rings. The Labute approximate surface area is 127 Å². The molecule has 1 N–H and O–H groups in total. The zero-order valence-electron chi connectivity index (χ0n) is 12.8. The molecule has 1 aliphatic rings. The molecule has 1 saturated heterocycles. The second-order valence-electron chi connectivity index (χ2n) is 5.49. The molecule has 7 heteroatoms. The molecule has 0 unspecified atom stereocenters. The van der Waals surface area contributed by atoms with Crippen molar-refractivity contribution < 1.29 is 12.8 Å². The van der Waals surface area contributed by atoms with E-state index in [1.807, 2.05) is 0 Å². The molecule has 2 rings (SSSR count). The lowest BCUT2D eigenvalue weighted by Crippen LogP contribution is -2.46. The van der Waals surface area contributed by atoms with Crippen molar-refractivity contribution in [1.82, 2.24) is 13.9 Å². The SMILES string of the molecule is CCNCC1CCN(S(=O)(=O)N(C)Cc2ccco2)CC1. The molecule has 0 saturated carbocycles. The van der Waals surface area contributed by atoms with Crippen LogP contribution in [0.2, 0.25) is 0 Å². The van der Waals surface area contributed by atoms with Gasteiger partial charge in [-0.15, -0.1) is 0 Å². The highest BCUT2D eigenvalue weighted by Gasteiger charge is 2.31. The van der Waals surface area contributed by atoms with E-state index in [1.165, 1.54) is 4.31 Å². The Balaban J connectivity index is 1.88. The quantitative estimate of drug-likeness (QED) is 0.823. The Bertz CT molecular complexity index is 508. The lowest BCUT2D eigenvalue weighted by molar-refractivity contribution is 0.251. The monoisotopic (exact) mass is 315 g/mol. The predicted octanol–water partition coefficient (Wildman–Crippen LogP) is 1.28. The van der Waals surface area contributed by atoms with Gasteiger partial charge in [0.05, 0.1) is 12.8 Å². The van der Waals surface area contributed by atoms with Gasteiger partial charge in [-0.3, -0.25) is 0 Å². The average Bonchev–Trinajstić information content (AvgIpc) is 2.98. The molecule has 120 valence electrons. The summed E-state index contributed by atoms with van der Waals surface area (Å²) in [6.45, 7) is 5.49. The predicted molar refractivity (Wildman–Crippen MR) is 81.9 cm³/mol. The van der Waals surface area contributed by atoms with Crippen molar-refractivity contribution in [3.05, 3.63) is 24.2 Å². The molecule has 0 radical (unpaired) electrons. The Morgan fingerprint density at radius 2 is 2.14 bits per heavy atom. The van der Waals surface area contributed by atoms with Crippen LogP contribution < -0.4 is 5.32 Å². The molecule has 0 aromatic carbocycles. The summed E-state index contributed by atoms with van der Waals surface area (Å²) in [4.78, 5) is 0. The highest BCUT2D eigenvalue weighted by molar-refractivity contribution is 7.86. The molecule has 2 heterocycles. The smallest absolute Gasteiger partial charge is 0.282 e. The van der Waals surface area contributed by atoms with Crippen molar-refractivity contribution in [2.24, 2.45) is 5.92 Å². The van der Waals surface area contributed by atoms with Crippen LogP contribution in [0.3, 0.4) is 0 Å². The van der Waals surface area contributed by atoms with Gasteiger partial charge in [0, 0.05) is 20.1 Å². The third kappa shape index (κ3) is 4.29. The van der Waals surface area contributed by atoms with Crippen LogP contribution in [0.15, 0.2) is 22.8 Å². The number of nitrogens with zero attached hydrogens (tertiary/aromatic N) is 2. The van der Waals surface area contributed by atoms with E-state index < -0.39 is 10.2 Å². The summed E-state index contributed by atoms with van der Waals surface area (Å²) < 4.78 is 33.2. The van der Waals surface area contributed by atoms with Crippen LogP contribution in [0.4, 0.5) is 0 Å². The Morgan fingerprint density at radius 1 is 1.43 bits per heavy atom. The first-order valence-electron chi connectivity index (χ1n) is 7.48. The van der Waals surface area contributed by atoms with Gasteiger partial charge in [-0.2, -0.15) is 17.0 Å². The van der Waals surface area contributed by atoms with Crippen LogP contribution >= 0.6 is 0 Å². The maximum atomic E-state index is 12.5. The molecule has 0 atom stereocenters. The number of rotatable bonds is 7. The molecule has 0 bridgehead atoms. The van der Waals surface area contributed by atoms with Crippen LogP contribution in [0, 0.1) is 5.92 Å². The van der Waals surface area contributed by atoms with Gasteiger partial charge >= 0.3 is 0 Å². The Kier molecular flexibility index (Phi) is 5.80. The lowest BCUT2D eigenvalue weighted by atomic mass is 9.98. The molecule has 1 aliphatic heterocycles. The van der Waals surface area contributed by atoms with Crippen molar-refractivity contribution in [2.75, 3.05) is 33.2 Å². The van der Waals surface area contributed by atoms with Crippen LogP contribution in [0.25, 0.3) is 0 Å². The lowest BCUT2D eigenvalue weighted by Gasteiger charge is -2.33. The third-order valence-electron chi connectivity index (χ3n) is 3.94. The summed E-state index contributed by atoms with van der Waals surface area (Å²) in [7, 11) is -1.80. The zero-order valence-corrected chi connectivity index (χ0v) is 13.6. The van der Waals surface area contributed by atoms with Crippen LogP contribution in [-0.2, 0) is 16.8 Å². The van der Waals surface area contributed by atoms with Gasteiger partial charge in [-0.05, 0) is 44.0 Å². The first-order chi connectivity index (χ1) is 10.0. The van der Waals surface area contributed by atoms with Crippen molar-refractivity contribution in [3.8, 4) is 0 Å². The van der Waals surface area contributed by atoms with E-state index in [2.05, 4.69) is 12.2 Å². The minimum Gasteiger partial charge on any atom is -0.468 e. The highest BCUT2D eigenvalue weighted by atomic mass is 32.2. The molecule has 0 amide bonds. The minimum atomic E-state index is -3.40. The van der Waals surface area contributed by atoms with Crippen LogP contribution in [0.1, 0.15) is 25.5 Å². The van der Waals surface area contributed by atoms with Gasteiger partial charge in [-0.25, -0.2) is 0 Å². The zero-order chi connectivity index (χ0) is 15.3. The van der Waals surface area contributed by atoms with E-state index in [4.69, 9.17) is 4.42 Å². The van der Waals surface area contributed by atoms with E-state index in [0.29, 0.717) is 24.8 Å². The third-order valence-corrected chi connectivity index (χ3v) is 5.87. The van der Waals surface area contributed by atoms with E-state index >= 15 is 0 Å².